The number of urea groups is 1. The lowest BCUT2D eigenvalue weighted by atomic mass is 10.1. The van der Waals surface area contributed by atoms with Gasteiger partial charge in [-0.2, -0.15) is 0 Å². The summed E-state index contributed by atoms with van der Waals surface area (Å²) in [5.74, 6) is 0.645. The third-order valence-electron chi connectivity index (χ3n) is 5.44. The summed E-state index contributed by atoms with van der Waals surface area (Å²) in [5, 5.41) is 6.44. The molecule has 4 rings (SSSR count). The predicted molar refractivity (Wildman–Crippen MR) is 107 cm³/mol. The fourth-order valence-electron chi connectivity index (χ4n) is 3.89. The van der Waals surface area contributed by atoms with Gasteiger partial charge in [-0.25, -0.2) is 14.8 Å². The third kappa shape index (κ3) is 4.09. The number of carbonyl (C=O) groups is 1. The Morgan fingerprint density at radius 1 is 1.25 bits per heavy atom. The van der Waals surface area contributed by atoms with E-state index >= 15 is 0 Å². The molecule has 0 unspecified atom stereocenters. The maximum atomic E-state index is 12.8. The number of hydrogen-bond acceptors (Lipinski definition) is 5. The Bertz CT molecular complexity index is 808. The topological polar surface area (TPSA) is 79.4 Å². The number of hydrogen-bond donors (Lipinski definition) is 2. The first-order valence-corrected chi connectivity index (χ1v) is 10.0. The van der Waals surface area contributed by atoms with Crippen LogP contribution in [0.25, 0.3) is 0 Å². The van der Waals surface area contributed by atoms with Crippen LogP contribution in [0.15, 0.2) is 36.5 Å². The van der Waals surface area contributed by atoms with Crippen LogP contribution >= 0.6 is 0 Å². The maximum Gasteiger partial charge on any atom is 0.318 e. The van der Waals surface area contributed by atoms with Gasteiger partial charge in [-0.05, 0) is 24.8 Å². The Morgan fingerprint density at radius 2 is 2.04 bits per heavy atom. The van der Waals surface area contributed by atoms with Gasteiger partial charge in [0, 0.05) is 37.6 Å². The van der Waals surface area contributed by atoms with Crippen molar-refractivity contribution in [2.75, 3.05) is 18.5 Å². The van der Waals surface area contributed by atoms with E-state index in [0.717, 1.165) is 49.3 Å². The summed E-state index contributed by atoms with van der Waals surface area (Å²) in [6, 6.07) is 10.2. The summed E-state index contributed by atoms with van der Waals surface area (Å²) >= 11 is 0. The number of anilines is 1. The number of nitrogens with one attached hydrogen (secondary N) is 2. The van der Waals surface area contributed by atoms with E-state index in [0.29, 0.717) is 25.1 Å². The number of ether oxygens (including phenoxy) is 1. The molecule has 1 atom stereocenters. The van der Waals surface area contributed by atoms with Gasteiger partial charge in [0.25, 0.3) is 0 Å². The van der Waals surface area contributed by atoms with Crippen LogP contribution in [0.4, 0.5) is 10.7 Å². The van der Waals surface area contributed by atoms with Crippen molar-refractivity contribution >= 4 is 12.0 Å². The van der Waals surface area contributed by atoms with Crippen LogP contribution in [0, 0.1) is 0 Å². The van der Waals surface area contributed by atoms with Crippen molar-refractivity contribution in [1.82, 2.24) is 20.2 Å². The van der Waals surface area contributed by atoms with Crippen molar-refractivity contribution in [3.05, 3.63) is 53.3 Å². The normalized spacial score (nSPS) is 19.3. The molecule has 0 spiro atoms. The number of fused-ring (bicyclic) bond motifs is 1. The molecular formula is C21H27N5O2. The zero-order valence-corrected chi connectivity index (χ0v) is 16.2. The lowest BCUT2D eigenvalue weighted by molar-refractivity contribution is 0.0903. The van der Waals surface area contributed by atoms with Gasteiger partial charge in [0.15, 0.2) is 0 Å². The molecule has 7 nitrogen and oxygen atoms in total. The van der Waals surface area contributed by atoms with E-state index in [-0.39, 0.29) is 12.1 Å². The van der Waals surface area contributed by atoms with Crippen molar-refractivity contribution < 1.29 is 9.53 Å². The van der Waals surface area contributed by atoms with E-state index < -0.39 is 0 Å². The number of carbonyl (C=O) groups excluding carboxylic acids is 1. The molecule has 0 aliphatic carbocycles. The minimum Gasteiger partial charge on any atom is -0.381 e. The van der Waals surface area contributed by atoms with Crippen molar-refractivity contribution in [2.24, 2.45) is 0 Å². The lowest BCUT2D eigenvalue weighted by Crippen LogP contribution is -2.38. The zero-order chi connectivity index (χ0) is 19.3. The highest BCUT2D eigenvalue weighted by Gasteiger charge is 2.34. The molecule has 0 saturated carbocycles. The molecule has 0 bridgehead atoms. The van der Waals surface area contributed by atoms with Crippen LogP contribution in [0.1, 0.15) is 49.0 Å². The van der Waals surface area contributed by atoms with Crippen LogP contribution < -0.4 is 10.6 Å². The van der Waals surface area contributed by atoms with Crippen molar-refractivity contribution in [3.8, 4) is 0 Å². The molecule has 28 heavy (non-hydrogen) atoms. The molecule has 7 heteroatoms. The fraction of sp³-hybridized carbons (Fsp3) is 0.476. The molecular weight excluding hydrogens is 354 g/mol. The second-order valence-corrected chi connectivity index (χ2v) is 7.32. The highest BCUT2D eigenvalue weighted by atomic mass is 16.5. The van der Waals surface area contributed by atoms with Gasteiger partial charge < -0.3 is 20.3 Å². The molecule has 2 aliphatic rings. The van der Waals surface area contributed by atoms with Gasteiger partial charge >= 0.3 is 6.03 Å². The molecule has 1 saturated heterocycles. The maximum absolute atomic E-state index is 12.8. The average molecular weight is 381 g/mol. The summed E-state index contributed by atoms with van der Waals surface area (Å²) in [7, 11) is 0. The second-order valence-electron chi connectivity index (χ2n) is 7.32. The van der Waals surface area contributed by atoms with E-state index in [2.05, 4.69) is 22.5 Å². The Kier molecular flexibility index (Phi) is 5.71. The predicted octanol–water partition coefficient (Wildman–Crippen LogP) is 3.24. The summed E-state index contributed by atoms with van der Waals surface area (Å²) < 4.78 is 5.40. The molecule has 1 aromatic carbocycles. The molecule has 1 aromatic heterocycles. The zero-order valence-electron chi connectivity index (χ0n) is 16.2. The number of rotatable bonds is 5. The number of benzene rings is 1. The van der Waals surface area contributed by atoms with Gasteiger partial charge in [0.05, 0.1) is 18.3 Å². The van der Waals surface area contributed by atoms with Crippen LogP contribution in [0.5, 0.6) is 0 Å². The first-order chi connectivity index (χ1) is 13.7. The Hall–Kier alpha value is -2.67. The number of aromatic nitrogens is 2. The van der Waals surface area contributed by atoms with Gasteiger partial charge in [-0.1, -0.05) is 37.3 Å². The molecule has 2 amide bonds. The molecule has 2 N–H and O–H groups in total. The van der Waals surface area contributed by atoms with Gasteiger partial charge in [0.2, 0.25) is 5.95 Å². The van der Waals surface area contributed by atoms with Crippen LogP contribution in [-0.2, 0) is 17.8 Å². The minimum absolute atomic E-state index is 0.0166. The number of amides is 2. The summed E-state index contributed by atoms with van der Waals surface area (Å²) in [4.78, 5) is 23.9. The highest BCUT2D eigenvalue weighted by molar-refractivity contribution is 5.75. The standard InChI is InChI=1S/C21H27N5O2/c1-2-19-17-13-22-20(24-16-8-10-28-11-9-16)25-18(17)14-26(19)21(27)23-12-15-6-4-3-5-7-15/h3-7,13,16,19H,2,8-12,14H2,1H3,(H,23,27)(H,22,24,25)/t19-/m1/s1. The molecule has 0 radical (unpaired) electrons. The first kappa shape index (κ1) is 18.7. The van der Waals surface area contributed by atoms with Crippen LogP contribution in [0.3, 0.4) is 0 Å². The Balaban J connectivity index is 1.42. The van der Waals surface area contributed by atoms with E-state index in [1.54, 1.807) is 0 Å². The van der Waals surface area contributed by atoms with E-state index in [4.69, 9.17) is 9.72 Å². The van der Waals surface area contributed by atoms with E-state index in [9.17, 15) is 4.79 Å². The summed E-state index contributed by atoms with van der Waals surface area (Å²) in [5.41, 5.74) is 3.07. The van der Waals surface area contributed by atoms with Gasteiger partial charge in [0.1, 0.15) is 0 Å². The Morgan fingerprint density at radius 3 is 2.79 bits per heavy atom. The average Bonchev–Trinajstić information content (AvgIpc) is 3.11. The quantitative estimate of drug-likeness (QED) is 0.831. The van der Waals surface area contributed by atoms with Crippen LogP contribution in [0.2, 0.25) is 0 Å². The van der Waals surface area contributed by atoms with Crippen molar-refractivity contribution in [3.63, 3.8) is 0 Å². The summed E-state index contributed by atoms with van der Waals surface area (Å²) in [6.45, 7) is 4.67. The first-order valence-electron chi connectivity index (χ1n) is 10.0. The highest BCUT2D eigenvalue weighted by Crippen LogP contribution is 2.35. The summed E-state index contributed by atoms with van der Waals surface area (Å²) in [6.07, 6.45) is 4.64. The number of nitrogens with zero attached hydrogens (tertiary/aromatic N) is 3. The molecule has 1 fully saturated rings. The fourth-order valence-corrected chi connectivity index (χ4v) is 3.89. The van der Waals surface area contributed by atoms with E-state index in [1.807, 2.05) is 41.4 Å². The molecule has 148 valence electrons. The van der Waals surface area contributed by atoms with E-state index in [1.165, 1.54) is 0 Å². The Labute approximate surface area is 165 Å². The van der Waals surface area contributed by atoms with Gasteiger partial charge in [-0.15, -0.1) is 0 Å². The second kappa shape index (κ2) is 8.56. The molecule has 3 heterocycles. The molecule has 2 aromatic rings. The largest absolute Gasteiger partial charge is 0.381 e. The molecule has 2 aliphatic heterocycles. The van der Waals surface area contributed by atoms with Crippen molar-refractivity contribution in [2.45, 2.75) is 51.4 Å². The lowest BCUT2D eigenvalue weighted by Gasteiger charge is -2.24. The van der Waals surface area contributed by atoms with Crippen molar-refractivity contribution in [1.29, 1.82) is 0 Å². The third-order valence-corrected chi connectivity index (χ3v) is 5.44. The monoisotopic (exact) mass is 381 g/mol. The van der Waals surface area contributed by atoms with Gasteiger partial charge in [-0.3, -0.25) is 0 Å². The minimum atomic E-state index is -0.0624. The smallest absolute Gasteiger partial charge is 0.318 e. The SMILES string of the molecule is CC[C@@H]1c2cnc(NC3CCOCC3)nc2CN1C(=O)NCc1ccccc1. The van der Waals surface area contributed by atoms with Crippen LogP contribution in [-0.4, -0.2) is 40.2 Å².